The molecule has 0 radical (unpaired) electrons. The predicted molar refractivity (Wildman–Crippen MR) is 95.9 cm³/mol. The number of rotatable bonds is 7. The normalized spacial score (nSPS) is 24.8. The molecule has 1 amide bonds. The van der Waals surface area contributed by atoms with E-state index in [0.717, 1.165) is 32.3 Å². The summed E-state index contributed by atoms with van der Waals surface area (Å²) in [5.74, 6) is 1.20. The van der Waals surface area contributed by atoms with Crippen LogP contribution in [0.2, 0.25) is 0 Å². The van der Waals surface area contributed by atoms with Crippen molar-refractivity contribution < 1.29 is 19.0 Å². The van der Waals surface area contributed by atoms with Gasteiger partial charge in [0, 0.05) is 18.9 Å². The van der Waals surface area contributed by atoms with Gasteiger partial charge in [-0.1, -0.05) is 18.9 Å². The molecule has 142 valence electrons. The highest BCUT2D eigenvalue weighted by molar-refractivity contribution is 5.78. The van der Waals surface area contributed by atoms with E-state index in [1.54, 1.807) is 6.20 Å². The Hall–Kier alpha value is -1.66. The summed E-state index contributed by atoms with van der Waals surface area (Å²) in [5.41, 5.74) is -0.170. The number of ether oxygens (including phenoxy) is 3. The van der Waals surface area contributed by atoms with Crippen LogP contribution in [-0.4, -0.2) is 60.4 Å². The van der Waals surface area contributed by atoms with E-state index in [0.29, 0.717) is 31.5 Å². The molecule has 6 heteroatoms. The monoisotopic (exact) mass is 360 g/mol. The zero-order valence-electron chi connectivity index (χ0n) is 15.3. The van der Waals surface area contributed by atoms with Crippen molar-refractivity contribution in [2.75, 3.05) is 32.9 Å². The van der Waals surface area contributed by atoms with Crippen LogP contribution in [0, 0.1) is 5.92 Å². The molecule has 3 heterocycles. The van der Waals surface area contributed by atoms with Crippen LogP contribution < -0.4 is 4.74 Å². The quantitative estimate of drug-likeness (QED) is 0.747. The molecule has 0 N–H and O–H groups in total. The number of pyridine rings is 1. The van der Waals surface area contributed by atoms with Crippen molar-refractivity contribution >= 4 is 5.91 Å². The van der Waals surface area contributed by atoms with E-state index in [4.69, 9.17) is 14.2 Å². The zero-order valence-corrected chi connectivity index (χ0v) is 15.3. The van der Waals surface area contributed by atoms with Gasteiger partial charge in [0.15, 0.2) is 0 Å². The van der Waals surface area contributed by atoms with Gasteiger partial charge in [0.2, 0.25) is 11.8 Å². The fourth-order valence-electron chi connectivity index (χ4n) is 4.39. The minimum absolute atomic E-state index is 0.0986. The summed E-state index contributed by atoms with van der Waals surface area (Å²) in [6.45, 7) is 3.00. The van der Waals surface area contributed by atoms with E-state index in [1.165, 1.54) is 12.8 Å². The summed E-state index contributed by atoms with van der Waals surface area (Å²) in [5, 5.41) is 0. The number of aromatic nitrogens is 1. The molecule has 1 aliphatic carbocycles. The highest BCUT2D eigenvalue weighted by Crippen LogP contribution is 2.41. The van der Waals surface area contributed by atoms with Crippen molar-refractivity contribution in [2.45, 2.75) is 50.2 Å². The fraction of sp³-hybridized carbons (Fsp3) is 0.700. The van der Waals surface area contributed by atoms with Crippen LogP contribution in [0.15, 0.2) is 24.4 Å². The van der Waals surface area contributed by atoms with Gasteiger partial charge in [-0.05, 0) is 37.7 Å². The lowest BCUT2D eigenvalue weighted by molar-refractivity contribution is -0.171. The van der Waals surface area contributed by atoms with Crippen LogP contribution in [0.4, 0.5) is 0 Å². The molecule has 1 spiro atoms. The van der Waals surface area contributed by atoms with Gasteiger partial charge in [0.1, 0.15) is 12.2 Å². The van der Waals surface area contributed by atoms with E-state index in [2.05, 4.69) is 4.98 Å². The molecule has 2 aliphatic heterocycles. The van der Waals surface area contributed by atoms with Crippen LogP contribution in [-0.2, 0) is 14.3 Å². The summed E-state index contributed by atoms with van der Waals surface area (Å²) >= 11 is 0. The van der Waals surface area contributed by atoms with Gasteiger partial charge in [-0.2, -0.15) is 0 Å². The third-order valence-electron chi connectivity index (χ3n) is 5.97. The number of hydrogen-bond donors (Lipinski definition) is 0. The molecule has 2 saturated heterocycles. The first-order chi connectivity index (χ1) is 12.8. The van der Waals surface area contributed by atoms with E-state index in [1.807, 2.05) is 23.1 Å². The number of hydrogen-bond acceptors (Lipinski definition) is 5. The van der Waals surface area contributed by atoms with Crippen LogP contribution in [0.5, 0.6) is 5.88 Å². The lowest BCUT2D eigenvalue weighted by Crippen LogP contribution is -2.66. The fourth-order valence-corrected chi connectivity index (χ4v) is 4.39. The van der Waals surface area contributed by atoms with E-state index < -0.39 is 0 Å². The lowest BCUT2D eigenvalue weighted by Gasteiger charge is -2.50. The minimum Gasteiger partial charge on any atom is -0.478 e. The third-order valence-corrected chi connectivity index (χ3v) is 5.97. The maximum atomic E-state index is 12.3. The van der Waals surface area contributed by atoms with E-state index >= 15 is 0 Å². The second-order valence-corrected chi connectivity index (χ2v) is 7.67. The SMILES string of the molecule is O=C(COC1CCCC1)N1CC2(C1)OCC[C@H]2CCOc1ccccn1. The van der Waals surface area contributed by atoms with Crippen molar-refractivity contribution in [1.82, 2.24) is 9.88 Å². The molecule has 26 heavy (non-hydrogen) atoms. The van der Waals surface area contributed by atoms with Crippen molar-refractivity contribution in [1.29, 1.82) is 0 Å². The molecule has 3 fully saturated rings. The van der Waals surface area contributed by atoms with Gasteiger partial charge in [0.25, 0.3) is 0 Å². The molecule has 4 rings (SSSR count). The largest absolute Gasteiger partial charge is 0.478 e. The number of amides is 1. The third kappa shape index (κ3) is 3.86. The molecule has 1 atom stereocenters. The van der Waals surface area contributed by atoms with Gasteiger partial charge in [-0.3, -0.25) is 4.79 Å². The Kier molecular flexibility index (Phi) is 5.41. The van der Waals surface area contributed by atoms with Crippen molar-refractivity contribution in [3.05, 3.63) is 24.4 Å². The standard InChI is InChI=1S/C20H28N2O4/c23-19(13-25-17-5-1-2-6-17)22-14-20(15-22)16(9-12-26-20)8-11-24-18-7-3-4-10-21-18/h3-4,7,10,16-17H,1-2,5-6,8-9,11-15H2/t16-/m1/s1. The highest BCUT2D eigenvalue weighted by atomic mass is 16.5. The second-order valence-electron chi connectivity index (χ2n) is 7.67. The first kappa shape index (κ1) is 17.7. The number of carbonyl (C=O) groups is 1. The van der Waals surface area contributed by atoms with Gasteiger partial charge in [-0.15, -0.1) is 0 Å². The number of likely N-dealkylation sites (tertiary alicyclic amines) is 1. The highest BCUT2D eigenvalue weighted by Gasteiger charge is 2.54. The van der Waals surface area contributed by atoms with Gasteiger partial charge in [0.05, 0.1) is 25.8 Å². The Labute approximate surface area is 154 Å². The summed E-state index contributed by atoms with van der Waals surface area (Å²) in [6, 6.07) is 5.67. The minimum atomic E-state index is -0.170. The van der Waals surface area contributed by atoms with Gasteiger partial charge < -0.3 is 19.1 Å². The average molecular weight is 360 g/mol. The topological polar surface area (TPSA) is 60.9 Å². The Morgan fingerprint density at radius 2 is 2.12 bits per heavy atom. The molecular weight excluding hydrogens is 332 g/mol. The maximum absolute atomic E-state index is 12.3. The molecule has 0 unspecified atom stereocenters. The molecule has 6 nitrogen and oxygen atoms in total. The predicted octanol–water partition coefficient (Wildman–Crippen LogP) is 2.43. The summed E-state index contributed by atoms with van der Waals surface area (Å²) in [6.07, 6.45) is 8.62. The lowest BCUT2D eigenvalue weighted by atomic mass is 9.79. The van der Waals surface area contributed by atoms with Crippen LogP contribution >= 0.6 is 0 Å². The zero-order chi connectivity index (χ0) is 17.8. The molecule has 1 aromatic heterocycles. The molecule has 1 aromatic rings. The second kappa shape index (κ2) is 7.92. The Morgan fingerprint density at radius 3 is 2.88 bits per heavy atom. The van der Waals surface area contributed by atoms with Crippen molar-refractivity contribution in [3.8, 4) is 5.88 Å². The Morgan fingerprint density at radius 1 is 1.27 bits per heavy atom. The first-order valence-electron chi connectivity index (χ1n) is 9.82. The van der Waals surface area contributed by atoms with Gasteiger partial charge in [-0.25, -0.2) is 4.98 Å². The Balaban J connectivity index is 1.20. The smallest absolute Gasteiger partial charge is 0.248 e. The van der Waals surface area contributed by atoms with Crippen LogP contribution in [0.3, 0.4) is 0 Å². The van der Waals surface area contributed by atoms with E-state index in [9.17, 15) is 4.79 Å². The van der Waals surface area contributed by atoms with Crippen LogP contribution in [0.25, 0.3) is 0 Å². The first-order valence-corrected chi connectivity index (χ1v) is 9.82. The maximum Gasteiger partial charge on any atom is 0.248 e. The van der Waals surface area contributed by atoms with Crippen LogP contribution in [0.1, 0.15) is 38.5 Å². The number of carbonyl (C=O) groups excluding carboxylic acids is 1. The summed E-state index contributed by atoms with van der Waals surface area (Å²) < 4.78 is 17.5. The Bertz CT molecular complexity index is 597. The molecule has 0 bridgehead atoms. The average Bonchev–Trinajstić information content (AvgIpc) is 3.29. The van der Waals surface area contributed by atoms with Crippen molar-refractivity contribution in [3.63, 3.8) is 0 Å². The molecule has 3 aliphatic rings. The molecule has 0 aromatic carbocycles. The van der Waals surface area contributed by atoms with E-state index in [-0.39, 0.29) is 24.2 Å². The molecule has 1 saturated carbocycles. The number of nitrogens with zero attached hydrogens (tertiary/aromatic N) is 2. The van der Waals surface area contributed by atoms with Gasteiger partial charge >= 0.3 is 0 Å². The van der Waals surface area contributed by atoms with Crippen molar-refractivity contribution in [2.24, 2.45) is 5.92 Å². The summed E-state index contributed by atoms with van der Waals surface area (Å²) in [4.78, 5) is 18.4. The molecular formula is C20H28N2O4. The summed E-state index contributed by atoms with van der Waals surface area (Å²) in [7, 11) is 0.